The van der Waals surface area contributed by atoms with Gasteiger partial charge in [0.1, 0.15) is 11.9 Å². The topological polar surface area (TPSA) is 95.3 Å². The van der Waals surface area contributed by atoms with Gasteiger partial charge in [-0.15, -0.1) is 5.10 Å². The fraction of sp³-hybridized carbons (Fsp3) is 0.387. The number of aliphatic carboxylic acids is 1. The molecule has 0 saturated carbocycles. The van der Waals surface area contributed by atoms with Crippen LogP contribution in [0.25, 0.3) is 16.6 Å². The molecular weight excluding hydrogens is 545 g/mol. The molecule has 2 fully saturated rings. The summed E-state index contributed by atoms with van der Waals surface area (Å²) in [6.07, 6.45) is -2.40. The first kappa shape index (κ1) is 28.0. The van der Waals surface area contributed by atoms with Gasteiger partial charge in [0.05, 0.1) is 22.3 Å². The molecule has 3 N–H and O–H groups in total. The van der Waals surface area contributed by atoms with Crippen molar-refractivity contribution in [3.8, 4) is 5.69 Å². The van der Waals surface area contributed by atoms with Gasteiger partial charge in [0.15, 0.2) is 5.82 Å². The molecule has 0 aliphatic carbocycles. The molecule has 0 radical (unpaired) electrons. The van der Waals surface area contributed by atoms with Gasteiger partial charge < -0.3 is 20.6 Å². The summed E-state index contributed by atoms with van der Waals surface area (Å²) < 4.78 is 43.0. The fourth-order valence-corrected chi connectivity index (χ4v) is 6.61. The second-order valence-corrected chi connectivity index (χ2v) is 12.2. The molecule has 2 bridgehead atoms. The third-order valence-electron chi connectivity index (χ3n) is 8.81. The minimum atomic E-state index is -4.56. The average molecular weight is 579 g/mol. The number of fused-ring (bicyclic) bond motifs is 3. The van der Waals surface area contributed by atoms with Crippen molar-refractivity contribution in [2.45, 2.75) is 64.0 Å². The van der Waals surface area contributed by atoms with Crippen molar-refractivity contribution in [3.05, 3.63) is 78.0 Å². The van der Waals surface area contributed by atoms with Crippen molar-refractivity contribution in [2.24, 2.45) is 5.41 Å². The maximum Gasteiger partial charge on any atom is 0.416 e. The number of alkyl halides is 3. The van der Waals surface area contributed by atoms with Gasteiger partial charge >= 0.3 is 12.1 Å². The smallest absolute Gasteiger partial charge is 0.416 e. The van der Waals surface area contributed by atoms with Gasteiger partial charge in [-0.25, -0.2) is 14.5 Å². The number of nitrogens with one attached hydrogen (secondary N) is 2. The van der Waals surface area contributed by atoms with Crippen molar-refractivity contribution >= 4 is 28.5 Å². The minimum absolute atomic E-state index is 0.0757. The number of hydrogen-bond acceptors (Lipinski definition) is 6. The number of benzene rings is 2. The van der Waals surface area contributed by atoms with Gasteiger partial charge in [-0.2, -0.15) is 13.2 Å². The zero-order valence-electron chi connectivity index (χ0n) is 23.8. The Bertz CT molecular complexity index is 1650. The SMILES string of the molecule is C[C@H](Nc1cc(-n2nc(N3C4CNC(C(C)(C)C)(C4)C3C(=O)O)c3ccc(C(F)(F)F)cc32)ccn1)c1ccccc1. The van der Waals surface area contributed by atoms with Crippen LogP contribution < -0.4 is 15.5 Å². The van der Waals surface area contributed by atoms with E-state index < -0.39 is 34.7 Å². The van der Waals surface area contributed by atoms with Crippen LogP contribution >= 0.6 is 0 Å². The van der Waals surface area contributed by atoms with Gasteiger partial charge in [-0.1, -0.05) is 51.1 Å². The van der Waals surface area contributed by atoms with E-state index in [0.29, 0.717) is 35.7 Å². The largest absolute Gasteiger partial charge is 0.480 e. The number of carbonyl (C=O) groups is 1. The Balaban J connectivity index is 1.48. The van der Waals surface area contributed by atoms with Crippen LogP contribution in [0.3, 0.4) is 0 Å². The Labute approximate surface area is 241 Å². The first-order valence-electron chi connectivity index (χ1n) is 13.9. The highest BCUT2D eigenvalue weighted by molar-refractivity contribution is 5.95. The van der Waals surface area contributed by atoms with E-state index in [2.05, 4.69) is 15.6 Å². The molecule has 4 atom stereocenters. The molecule has 2 aromatic carbocycles. The number of carboxylic acids is 1. The van der Waals surface area contributed by atoms with Crippen molar-refractivity contribution in [2.75, 3.05) is 16.8 Å². The molecule has 4 aromatic rings. The third-order valence-corrected chi connectivity index (χ3v) is 8.81. The quantitative estimate of drug-likeness (QED) is 0.257. The molecule has 0 spiro atoms. The zero-order valence-corrected chi connectivity index (χ0v) is 23.8. The number of piperazine rings is 1. The van der Waals surface area contributed by atoms with Crippen LogP contribution in [0.1, 0.15) is 51.3 Å². The number of aromatic nitrogens is 3. The summed E-state index contributed by atoms with van der Waals surface area (Å²) in [5, 5.41) is 22.6. The van der Waals surface area contributed by atoms with E-state index in [1.165, 1.54) is 10.7 Å². The number of hydrogen-bond donors (Lipinski definition) is 3. The number of carboxylic acid groups (broad SMARTS) is 1. The zero-order chi connectivity index (χ0) is 30.0. The van der Waals surface area contributed by atoms with Crippen LogP contribution in [0.4, 0.5) is 24.8 Å². The lowest BCUT2D eigenvalue weighted by Gasteiger charge is -2.47. The highest BCUT2D eigenvalue weighted by Crippen LogP contribution is 2.51. The Morgan fingerprint density at radius 3 is 2.52 bits per heavy atom. The van der Waals surface area contributed by atoms with Gasteiger partial charge in [-0.3, -0.25) is 0 Å². The van der Waals surface area contributed by atoms with Gasteiger partial charge in [-0.05, 0) is 48.6 Å². The van der Waals surface area contributed by atoms with Crippen molar-refractivity contribution in [1.29, 1.82) is 0 Å². The molecule has 8 nitrogen and oxygen atoms in total. The highest BCUT2D eigenvalue weighted by atomic mass is 19.4. The van der Waals surface area contributed by atoms with Crippen LogP contribution in [0.5, 0.6) is 0 Å². The van der Waals surface area contributed by atoms with Crippen LogP contribution in [-0.4, -0.2) is 50.0 Å². The highest BCUT2D eigenvalue weighted by Gasteiger charge is 2.65. The molecule has 220 valence electrons. The molecule has 2 saturated heterocycles. The summed E-state index contributed by atoms with van der Waals surface area (Å²) in [7, 11) is 0. The third kappa shape index (κ3) is 4.46. The lowest BCUT2D eigenvalue weighted by molar-refractivity contribution is -0.141. The number of rotatable bonds is 6. The molecule has 42 heavy (non-hydrogen) atoms. The maximum atomic E-state index is 13.9. The molecule has 4 heterocycles. The molecule has 2 aromatic heterocycles. The van der Waals surface area contributed by atoms with Crippen LogP contribution in [0, 0.1) is 5.41 Å². The molecule has 3 unspecified atom stereocenters. The van der Waals surface area contributed by atoms with E-state index in [4.69, 9.17) is 5.10 Å². The Morgan fingerprint density at radius 1 is 1.12 bits per heavy atom. The summed E-state index contributed by atoms with van der Waals surface area (Å²) in [5.74, 6) is -0.118. The summed E-state index contributed by atoms with van der Waals surface area (Å²) in [6, 6.07) is 15.5. The van der Waals surface area contributed by atoms with E-state index in [1.807, 2.05) is 58.0 Å². The van der Waals surface area contributed by atoms with E-state index in [0.717, 1.165) is 17.7 Å². The second-order valence-electron chi connectivity index (χ2n) is 12.2. The maximum absolute atomic E-state index is 13.9. The van der Waals surface area contributed by atoms with Gasteiger partial charge in [0.2, 0.25) is 0 Å². The van der Waals surface area contributed by atoms with Gasteiger partial charge in [0.25, 0.3) is 0 Å². The number of pyridine rings is 1. The Morgan fingerprint density at radius 2 is 1.86 bits per heavy atom. The molecule has 6 rings (SSSR count). The van der Waals surface area contributed by atoms with E-state index in [-0.39, 0.29) is 17.6 Å². The number of anilines is 2. The van der Waals surface area contributed by atoms with E-state index in [9.17, 15) is 23.1 Å². The van der Waals surface area contributed by atoms with Crippen LogP contribution in [0.15, 0.2) is 66.9 Å². The molecule has 2 aliphatic rings. The molecular formula is C31H33F3N6O2. The van der Waals surface area contributed by atoms with Crippen molar-refractivity contribution in [3.63, 3.8) is 0 Å². The van der Waals surface area contributed by atoms with Crippen LogP contribution in [-0.2, 0) is 11.0 Å². The Hall–Kier alpha value is -4.12. The standard InChI is InChI=1S/C31H33F3N6O2/c1-18(19-8-6-5-7-9-19)37-25-15-21(12-13-35-25)40-24-14-20(31(32,33)34)10-11-23(24)27(38-40)39-22-16-30(36-17-22,29(2,3)4)26(39)28(41)42/h5-15,18,22,26,36H,16-17H2,1-4H3,(H,35,37)(H,41,42)/t18-,22?,26?,30?/m0/s1. The van der Waals surface area contributed by atoms with Gasteiger partial charge in [0, 0.05) is 36.3 Å². The van der Waals surface area contributed by atoms with Crippen LogP contribution in [0.2, 0.25) is 0 Å². The van der Waals surface area contributed by atoms with Crippen molar-refractivity contribution < 1.29 is 23.1 Å². The monoisotopic (exact) mass is 578 g/mol. The molecule has 2 aliphatic heterocycles. The molecule has 11 heteroatoms. The first-order chi connectivity index (χ1) is 19.8. The summed E-state index contributed by atoms with van der Waals surface area (Å²) in [4.78, 5) is 19.0. The summed E-state index contributed by atoms with van der Waals surface area (Å²) >= 11 is 0. The van der Waals surface area contributed by atoms with E-state index >= 15 is 0 Å². The first-order valence-corrected chi connectivity index (χ1v) is 13.9. The Kier molecular flexibility index (Phi) is 6.49. The average Bonchev–Trinajstić information content (AvgIpc) is 3.64. The van der Waals surface area contributed by atoms with Crippen molar-refractivity contribution in [1.82, 2.24) is 20.1 Å². The molecule has 0 amide bonds. The number of nitrogens with zero attached hydrogens (tertiary/aromatic N) is 4. The summed E-state index contributed by atoms with van der Waals surface area (Å²) in [6.45, 7) is 8.58. The predicted molar refractivity (Wildman–Crippen MR) is 155 cm³/mol. The predicted octanol–water partition coefficient (Wildman–Crippen LogP) is 6.03. The summed E-state index contributed by atoms with van der Waals surface area (Å²) in [5.41, 5.74) is -0.147. The second kappa shape index (κ2) is 9.72. The fourth-order valence-electron chi connectivity index (χ4n) is 6.61. The lowest BCUT2D eigenvalue weighted by atomic mass is 9.69. The van der Waals surface area contributed by atoms with E-state index in [1.54, 1.807) is 23.2 Å². The normalized spacial score (nSPS) is 23.0. The number of halogens is 3. The lowest BCUT2D eigenvalue weighted by Crippen LogP contribution is -2.67. The minimum Gasteiger partial charge on any atom is -0.480 e.